The van der Waals surface area contributed by atoms with Crippen molar-refractivity contribution in [1.29, 1.82) is 0 Å². The van der Waals surface area contributed by atoms with Crippen LogP contribution in [0.3, 0.4) is 0 Å². The predicted molar refractivity (Wildman–Crippen MR) is 128 cm³/mol. The number of Topliss-reactive ketones (excluding diaryl/α,β-unsaturated/α-hetero) is 1. The normalized spacial score (nSPS) is 17.8. The Kier molecular flexibility index (Phi) is 5.85. The zero-order chi connectivity index (χ0) is 23.2. The Balaban J connectivity index is 1.96. The molecule has 1 unspecified atom stereocenters. The van der Waals surface area contributed by atoms with Gasteiger partial charge in [0.15, 0.2) is 0 Å². The molecule has 3 aromatic carbocycles. The van der Waals surface area contributed by atoms with Crippen LogP contribution in [0.25, 0.3) is 5.76 Å². The van der Waals surface area contributed by atoms with E-state index in [-0.39, 0.29) is 11.3 Å². The fourth-order valence-electron chi connectivity index (χ4n) is 3.84. The molecule has 4 rings (SSSR count). The van der Waals surface area contributed by atoms with E-state index in [2.05, 4.69) is 0 Å². The third-order valence-corrected chi connectivity index (χ3v) is 6.50. The van der Waals surface area contributed by atoms with Crippen LogP contribution < -0.4 is 4.90 Å². The molecule has 1 atom stereocenters. The largest absolute Gasteiger partial charge is 0.507 e. The summed E-state index contributed by atoms with van der Waals surface area (Å²) < 4.78 is 0. The van der Waals surface area contributed by atoms with Crippen LogP contribution in [0.2, 0.25) is 10.0 Å². The van der Waals surface area contributed by atoms with Crippen LogP contribution in [0.1, 0.15) is 33.9 Å². The number of nitrogens with zero attached hydrogens (tertiary/aromatic N) is 1. The molecule has 1 heterocycles. The molecule has 3 aromatic rings. The van der Waals surface area contributed by atoms with Gasteiger partial charge in [0.2, 0.25) is 0 Å². The fraction of sp³-hybridized carbons (Fsp3) is 0.154. The molecule has 162 valence electrons. The maximum absolute atomic E-state index is 13.2. The third-order valence-electron chi connectivity index (χ3n) is 5.84. The standard InChI is InChI=1S/C26H21Cl2NO3/c1-14-4-6-18(12-16(14)3)24(30)22-23(17-7-9-19(27)10-8-17)29(26(32)25(22)31)20-11-5-15(2)21(28)13-20/h4-13,23,30H,1-3H3/b24-22+. The molecule has 1 N–H and O–H groups in total. The number of hydrogen-bond donors (Lipinski definition) is 1. The Labute approximate surface area is 196 Å². The summed E-state index contributed by atoms with van der Waals surface area (Å²) in [7, 11) is 0. The van der Waals surface area contributed by atoms with E-state index in [1.54, 1.807) is 54.6 Å². The molecular formula is C26H21Cl2NO3. The quantitative estimate of drug-likeness (QED) is 0.271. The van der Waals surface area contributed by atoms with Gasteiger partial charge in [-0.1, -0.05) is 53.5 Å². The molecule has 1 aliphatic heterocycles. The summed E-state index contributed by atoms with van der Waals surface area (Å²) in [6.07, 6.45) is 0. The first kappa shape index (κ1) is 22.1. The summed E-state index contributed by atoms with van der Waals surface area (Å²) in [4.78, 5) is 27.8. The molecule has 0 aromatic heterocycles. The maximum atomic E-state index is 13.2. The predicted octanol–water partition coefficient (Wildman–Crippen LogP) is 6.54. The van der Waals surface area contributed by atoms with E-state index in [0.29, 0.717) is 26.9 Å². The van der Waals surface area contributed by atoms with Crippen molar-refractivity contribution < 1.29 is 14.7 Å². The first-order chi connectivity index (χ1) is 15.2. The molecule has 0 aliphatic carbocycles. The number of benzene rings is 3. The molecule has 0 saturated carbocycles. The smallest absolute Gasteiger partial charge is 0.300 e. The second kappa shape index (κ2) is 8.45. The third kappa shape index (κ3) is 3.81. The second-order valence-electron chi connectivity index (χ2n) is 7.95. The molecule has 4 nitrogen and oxygen atoms in total. The minimum atomic E-state index is -0.826. The van der Waals surface area contributed by atoms with Gasteiger partial charge in [0.05, 0.1) is 11.6 Å². The maximum Gasteiger partial charge on any atom is 0.300 e. The Morgan fingerprint density at radius 3 is 2.12 bits per heavy atom. The molecule has 1 fully saturated rings. The average molecular weight is 466 g/mol. The van der Waals surface area contributed by atoms with Crippen molar-refractivity contribution in [3.8, 4) is 0 Å². The van der Waals surface area contributed by atoms with E-state index in [1.807, 2.05) is 26.8 Å². The highest BCUT2D eigenvalue weighted by Gasteiger charge is 2.47. The van der Waals surface area contributed by atoms with Crippen LogP contribution in [0.4, 0.5) is 5.69 Å². The molecule has 32 heavy (non-hydrogen) atoms. The van der Waals surface area contributed by atoms with Crippen molar-refractivity contribution in [2.24, 2.45) is 0 Å². The molecule has 0 bridgehead atoms. The SMILES string of the molecule is Cc1ccc(/C(O)=C2\C(=O)C(=O)N(c3ccc(C)c(Cl)c3)C2c2ccc(Cl)cc2)cc1C. The number of aliphatic hydroxyl groups is 1. The number of hydrogen-bond acceptors (Lipinski definition) is 3. The van der Waals surface area contributed by atoms with Crippen LogP contribution >= 0.6 is 23.2 Å². The Morgan fingerprint density at radius 1 is 0.844 bits per heavy atom. The number of aliphatic hydroxyl groups excluding tert-OH is 1. The van der Waals surface area contributed by atoms with Crippen molar-refractivity contribution in [2.75, 3.05) is 4.90 Å². The lowest BCUT2D eigenvalue weighted by Gasteiger charge is -2.26. The van der Waals surface area contributed by atoms with Crippen LogP contribution in [0.15, 0.2) is 66.2 Å². The molecule has 1 amide bonds. The van der Waals surface area contributed by atoms with E-state index in [9.17, 15) is 14.7 Å². The highest BCUT2D eigenvalue weighted by Crippen LogP contribution is 2.43. The van der Waals surface area contributed by atoms with Gasteiger partial charge < -0.3 is 5.11 Å². The summed E-state index contributed by atoms with van der Waals surface area (Å²) in [6.45, 7) is 5.75. The Morgan fingerprint density at radius 2 is 1.50 bits per heavy atom. The van der Waals surface area contributed by atoms with Gasteiger partial charge in [-0.25, -0.2) is 0 Å². The summed E-state index contributed by atoms with van der Waals surface area (Å²) in [6, 6.07) is 16.7. The number of ketones is 1. The van der Waals surface area contributed by atoms with E-state index in [4.69, 9.17) is 23.2 Å². The van der Waals surface area contributed by atoms with Gasteiger partial charge >= 0.3 is 0 Å². The molecule has 0 spiro atoms. The van der Waals surface area contributed by atoms with Crippen LogP contribution in [-0.2, 0) is 9.59 Å². The number of halogens is 2. The summed E-state index contributed by atoms with van der Waals surface area (Å²) >= 11 is 12.4. The van der Waals surface area contributed by atoms with Gasteiger partial charge in [-0.3, -0.25) is 14.5 Å². The zero-order valence-electron chi connectivity index (χ0n) is 17.8. The van der Waals surface area contributed by atoms with Gasteiger partial charge in [-0.05, 0) is 73.4 Å². The minimum absolute atomic E-state index is 0.0253. The van der Waals surface area contributed by atoms with Crippen molar-refractivity contribution in [3.05, 3.63) is 104 Å². The van der Waals surface area contributed by atoms with Crippen molar-refractivity contribution >= 4 is 46.3 Å². The summed E-state index contributed by atoms with van der Waals surface area (Å²) in [5.74, 6) is -1.69. The first-order valence-electron chi connectivity index (χ1n) is 10.1. The van der Waals surface area contributed by atoms with Crippen LogP contribution in [-0.4, -0.2) is 16.8 Å². The average Bonchev–Trinajstić information content (AvgIpc) is 3.03. The van der Waals surface area contributed by atoms with E-state index < -0.39 is 17.7 Å². The highest BCUT2D eigenvalue weighted by molar-refractivity contribution is 6.51. The molecular weight excluding hydrogens is 445 g/mol. The summed E-state index contributed by atoms with van der Waals surface area (Å²) in [5, 5.41) is 12.2. The van der Waals surface area contributed by atoms with Crippen LogP contribution in [0.5, 0.6) is 0 Å². The van der Waals surface area contributed by atoms with Gasteiger partial charge in [-0.2, -0.15) is 0 Å². The highest BCUT2D eigenvalue weighted by atomic mass is 35.5. The second-order valence-corrected chi connectivity index (χ2v) is 8.80. The van der Waals surface area contributed by atoms with Gasteiger partial charge in [-0.15, -0.1) is 0 Å². The topological polar surface area (TPSA) is 57.6 Å². The lowest BCUT2D eigenvalue weighted by molar-refractivity contribution is -0.132. The van der Waals surface area contributed by atoms with E-state index >= 15 is 0 Å². The van der Waals surface area contributed by atoms with Crippen molar-refractivity contribution in [1.82, 2.24) is 0 Å². The number of amides is 1. The number of carbonyl (C=O) groups excluding carboxylic acids is 2. The summed E-state index contributed by atoms with van der Waals surface area (Å²) in [5.41, 5.74) is 4.51. The zero-order valence-corrected chi connectivity index (χ0v) is 19.3. The lowest BCUT2D eigenvalue weighted by atomic mass is 9.94. The number of rotatable bonds is 3. The van der Waals surface area contributed by atoms with Gasteiger partial charge in [0.1, 0.15) is 5.76 Å². The monoisotopic (exact) mass is 465 g/mol. The van der Waals surface area contributed by atoms with Gasteiger partial charge in [0.25, 0.3) is 11.7 Å². The number of aryl methyl sites for hydroxylation is 3. The molecule has 0 radical (unpaired) electrons. The minimum Gasteiger partial charge on any atom is -0.507 e. The number of carbonyl (C=O) groups is 2. The molecule has 1 saturated heterocycles. The van der Waals surface area contributed by atoms with E-state index in [0.717, 1.165) is 16.7 Å². The fourth-order valence-corrected chi connectivity index (χ4v) is 4.14. The Bertz CT molecular complexity index is 1280. The van der Waals surface area contributed by atoms with Crippen LogP contribution in [0, 0.1) is 20.8 Å². The van der Waals surface area contributed by atoms with Crippen molar-refractivity contribution in [2.45, 2.75) is 26.8 Å². The lowest BCUT2D eigenvalue weighted by Crippen LogP contribution is -2.29. The molecule has 1 aliphatic rings. The van der Waals surface area contributed by atoms with E-state index in [1.165, 1.54) is 4.90 Å². The van der Waals surface area contributed by atoms with Gasteiger partial charge in [0, 0.05) is 21.3 Å². The Hall–Kier alpha value is -3.08. The molecule has 6 heteroatoms. The van der Waals surface area contributed by atoms with Crippen molar-refractivity contribution in [3.63, 3.8) is 0 Å². The number of anilines is 1. The first-order valence-corrected chi connectivity index (χ1v) is 10.8.